The second-order valence-electron chi connectivity index (χ2n) is 5.54. The van der Waals surface area contributed by atoms with Gasteiger partial charge in [0, 0.05) is 38.1 Å². The molecule has 19 heavy (non-hydrogen) atoms. The number of hydrogen-bond donors (Lipinski definition) is 1. The Bertz CT molecular complexity index is 554. The summed E-state index contributed by atoms with van der Waals surface area (Å²) in [4.78, 5) is 4.81. The molecule has 3 fully saturated rings. The van der Waals surface area contributed by atoms with Crippen LogP contribution in [0.3, 0.4) is 0 Å². The summed E-state index contributed by atoms with van der Waals surface area (Å²) in [5.74, 6) is 0.694. The molecule has 2 aromatic rings. The lowest BCUT2D eigenvalue weighted by atomic mass is 10.0. The molecule has 1 aromatic heterocycles. The standard InChI is InChI=1S/C15H18N2O2/c18-15(12-10-16-5-7-17(12)8-6-16)14-9-11-3-1-2-4-13(11)19-14/h1-4,9,12,15,18H,5-8,10H2. The zero-order valence-corrected chi connectivity index (χ0v) is 10.8. The molecule has 3 aliphatic heterocycles. The van der Waals surface area contributed by atoms with Gasteiger partial charge in [0.25, 0.3) is 0 Å². The van der Waals surface area contributed by atoms with Gasteiger partial charge in [-0.1, -0.05) is 18.2 Å². The highest BCUT2D eigenvalue weighted by Crippen LogP contribution is 2.30. The van der Waals surface area contributed by atoms with Crippen LogP contribution in [0.4, 0.5) is 0 Å². The number of aliphatic hydroxyl groups is 1. The first-order chi connectivity index (χ1) is 9.31. The van der Waals surface area contributed by atoms with Gasteiger partial charge in [0.1, 0.15) is 17.4 Å². The third-order valence-corrected chi connectivity index (χ3v) is 4.42. The van der Waals surface area contributed by atoms with Gasteiger partial charge in [-0.2, -0.15) is 0 Å². The predicted octanol–water partition coefficient (Wildman–Crippen LogP) is 1.47. The first-order valence-electron chi connectivity index (χ1n) is 6.94. The third kappa shape index (κ3) is 1.87. The van der Waals surface area contributed by atoms with E-state index in [0.717, 1.165) is 43.7 Å². The molecule has 2 unspecified atom stereocenters. The molecular formula is C15H18N2O2. The highest BCUT2D eigenvalue weighted by atomic mass is 16.4. The first kappa shape index (κ1) is 11.5. The lowest BCUT2D eigenvalue weighted by Gasteiger charge is -2.48. The highest BCUT2D eigenvalue weighted by Gasteiger charge is 2.37. The van der Waals surface area contributed by atoms with Gasteiger partial charge in [0.15, 0.2) is 0 Å². The number of fused-ring (bicyclic) bond motifs is 4. The molecule has 2 bridgehead atoms. The second kappa shape index (κ2) is 4.34. The van der Waals surface area contributed by atoms with Gasteiger partial charge in [-0.05, 0) is 12.1 Å². The SMILES string of the molecule is OC(c1cc2ccccc2o1)C1CN2CCN1CC2. The normalized spacial score (nSPS) is 31.7. The summed E-state index contributed by atoms with van der Waals surface area (Å²) in [6.07, 6.45) is -0.532. The van der Waals surface area contributed by atoms with Crippen molar-refractivity contribution in [1.82, 2.24) is 9.80 Å². The van der Waals surface area contributed by atoms with Gasteiger partial charge in [-0.25, -0.2) is 0 Å². The Labute approximate surface area is 112 Å². The van der Waals surface area contributed by atoms with E-state index in [9.17, 15) is 5.11 Å². The number of nitrogens with zero attached hydrogens (tertiary/aromatic N) is 2. The minimum Gasteiger partial charge on any atom is -0.458 e. The molecule has 2 atom stereocenters. The van der Waals surface area contributed by atoms with Crippen LogP contribution in [0.15, 0.2) is 34.7 Å². The minimum absolute atomic E-state index is 0.170. The fraction of sp³-hybridized carbons (Fsp3) is 0.467. The predicted molar refractivity (Wildman–Crippen MR) is 73.0 cm³/mol. The molecule has 4 nitrogen and oxygen atoms in total. The van der Waals surface area contributed by atoms with Gasteiger partial charge >= 0.3 is 0 Å². The molecule has 0 amide bonds. The number of para-hydroxylation sites is 1. The summed E-state index contributed by atoms with van der Waals surface area (Å²) in [5.41, 5.74) is 0.854. The maximum Gasteiger partial charge on any atom is 0.135 e. The molecule has 5 rings (SSSR count). The number of piperazine rings is 3. The van der Waals surface area contributed by atoms with Crippen molar-refractivity contribution < 1.29 is 9.52 Å². The van der Waals surface area contributed by atoms with Crippen LogP contribution in [0.5, 0.6) is 0 Å². The Morgan fingerprint density at radius 2 is 1.95 bits per heavy atom. The molecule has 4 heterocycles. The first-order valence-corrected chi connectivity index (χ1v) is 6.94. The molecule has 0 aliphatic carbocycles. The van der Waals surface area contributed by atoms with Crippen LogP contribution in [0.25, 0.3) is 11.0 Å². The summed E-state index contributed by atoms with van der Waals surface area (Å²) in [6, 6.07) is 10.1. The van der Waals surface area contributed by atoms with Crippen molar-refractivity contribution in [3.05, 3.63) is 36.1 Å². The Morgan fingerprint density at radius 3 is 2.63 bits per heavy atom. The van der Waals surface area contributed by atoms with Crippen molar-refractivity contribution in [3.63, 3.8) is 0 Å². The number of aliphatic hydroxyl groups excluding tert-OH is 1. The maximum atomic E-state index is 10.6. The number of hydrogen-bond acceptors (Lipinski definition) is 4. The molecule has 0 spiro atoms. The molecule has 0 saturated carbocycles. The fourth-order valence-electron chi connectivity index (χ4n) is 3.29. The van der Waals surface area contributed by atoms with Crippen molar-refractivity contribution in [1.29, 1.82) is 0 Å². The molecule has 4 heteroatoms. The van der Waals surface area contributed by atoms with Crippen LogP contribution in [-0.2, 0) is 0 Å². The van der Waals surface area contributed by atoms with Crippen molar-refractivity contribution in [2.45, 2.75) is 12.1 Å². The lowest BCUT2D eigenvalue weighted by Crippen LogP contribution is -2.62. The van der Waals surface area contributed by atoms with Crippen LogP contribution in [-0.4, -0.2) is 53.7 Å². The van der Waals surface area contributed by atoms with Crippen LogP contribution >= 0.6 is 0 Å². The fourth-order valence-corrected chi connectivity index (χ4v) is 3.29. The Kier molecular flexibility index (Phi) is 2.62. The molecule has 100 valence electrons. The third-order valence-electron chi connectivity index (χ3n) is 4.42. The van der Waals surface area contributed by atoms with Gasteiger partial charge in [0.05, 0.1) is 6.04 Å². The Morgan fingerprint density at radius 1 is 1.16 bits per heavy atom. The van der Waals surface area contributed by atoms with Gasteiger partial charge in [-0.15, -0.1) is 0 Å². The van der Waals surface area contributed by atoms with E-state index in [1.807, 2.05) is 30.3 Å². The number of rotatable bonds is 2. The summed E-state index contributed by atoms with van der Waals surface area (Å²) >= 11 is 0. The summed E-state index contributed by atoms with van der Waals surface area (Å²) in [5, 5.41) is 11.7. The number of furan rings is 1. The van der Waals surface area contributed by atoms with Crippen LogP contribution in [0, 0.1) is 0 Å². The summed E-state index contributed by atoms with van der Waals surface area (Å²) in [6.45, 7) is 5.31. The molecule has 1 N–H and O–H groups in total. The van der Waals surface area contributed by atoms with Gasteiger partial charge in [-0.3, -0.25) is 9.80 Å². The second-order valence-corrected chi connectivity index (χ2v) is 5.54. The van der Waals surface area contributed by atoms with E-state index in [-0.39, 0.29) is 6.04 Å². The Balaban J connectivity index is 1.64. The average Bonchev–Trinajstić information content (AvgIpc) is 2.91. The van der Waals surface area contributed by atoms with E-state index in [0.29, 0.717) is 5.76 Å². The molecule has 1 aromatic carbocycles. The van der Waals surface area contributed by atoms with Crippen LogP contribution in [0.2, 0.25) is 0 Å². The van der Waals surface area contributed by atoms with E-state index in [4.69, 9.17) is 4.42 Å². The van der Waals surface area contributed by atoms with Crippen molar-refractivity contribution >= 4 is 11.0 Å². The van der Waals surface area contributed by atoms with E-state index >= 15 is 0 Å². The molecule has 3 aliphatic rings. The van der Waals surface area contributed by atoms with E-state index < -0.39 is 6.10 Å². The molecular weight excluding hydrogens is 240 g/mol. The van der Waals surface area contributed by atoms with Crippen molar-refractivity contribution in [2.24, 2.45) is 0 Å². The summed E-state index contributed by atoms with van der Waals surface area (Å²) < 4.78 is 5.80. The highest BCUT2D eigenvalue weighted by molar-refractivity contribution is 5.77. The van der Waals surface area contributed by atoms with Crippen LogP contribution in [0.1, 0.15) is 11.9 Å². The van der Waals surface area contributed by atoms with E-state index in [1.54, 1.807) is 0 Å². The van der Waals surface area contributed by atoms with Crippen molar-refractivity contribution in [3.8, 4) is 0 Å². The van der Waals surface area contributed by atoms with E-state index in [1.165, 1.54) is 0 Å². The lowest BCUT2D eigenvalue weighted by molar-refractivity contribution is -0.0528. The zero-order chi connectivity index (χ0) is 12.8. The van der Waals surface area contributed by atoms with Gasteiger partial charge < -0.3 is 9.52 Å². The monoisotopic (exact) mass is 258 g/mol. The number of benzene rings is 1. The van der Waals surface area contributed by atoms with Crippen LogP contribution < -0.4 is 0 Å². The van der Waals surface area contributed by atoms with Gasteiger partial charge in [0.2, 0.25) is 0 Å². The maximum absolute atomic E-state index is 10.6. The molecule has 0 radical (unpaired) electrons. The average molecular weight is 258 g/mol. The largest absolute Gasteiger partial charge is 0.458 e. The zero-order valence-electron chi connectivity index (χ0n) is 10.8. The van der Waals surface area contributed by atoms with E-state index in [2.05, 4.69) is 9.80 Å². The topological polar surface area (TPSA) is 39.9 Å². The van der Waals surface area contributed by atoms with Crippen molar-refractivity contribution in [2.75, 3.05) is 32.7 Å². The summed E-state index contributed by atoms with van der Waals surface area (Å²) in [7, 11) is 0. The quantitative estimate of drug-likeness (QED) is 0.885. The molecule has 3 saturated heterocycles. The smallest absolute Gasteiger partial charge is 0.135 e. The minimum atomic E-state index is -0.532. The Hall–Kier alpha value is -1.36.